The first-order chi connectivity index (χ1) is 13.6. The quantitative estimate of drug-likeness (QED) is 0.584. The third kappa shape index (κ3) is 4.60. The van der Waals surface area contributed by atoms with Crippen molar-refractivity contribution in [2.75, 3.05) is 34.6 Å². The fourth-order valence-corrected chi connectivity index (χ4v) is 3.05. The van der Waals surface area contributed by atoms with E-state index in [4.69, 9.17) is 18.9 Å². The van der Waals surface area contributed by atoms with Crippen molar-refractivity contribution < 1.29 is 18.9 Å². The molecule has 1 N–H and O–H groups in total. The van der Waals surface area contributed by atoms with Gasteiger partial charge in [-0.15, -0.1) is 0 Å². The van der Waals surface area contributed by atoms with E-state index in [-0.39, 0.29) is 6.79 Å². The molecule has 0 spiro atoms. The Morgan fingerprint density at radius 1 is 1.11 bits per heavy atom. The molecule has 1 heterocycles. The van der Waals surface area contributed by atoms with E-state index >= 15 is 0 Å². The fourth-order valence-electron chi connectivity index (χ4n) is 3.05. The molecular formula is C21H27N3O4. The Kier molecular flexibility index (Phi) is 6.47. The van der Waals surface area contributed by atoms with Gasteiger partial charge in [0.25, 0.3) is 0 Å². The Morgan fingerprint density at radius 2 is 1.89 bits per heavy atom. The molecule has 0 radical (unpaired) electrons. The number of benzene rings is 2. The van der Waals surface area contributed by atoms with Crippen molar-refractivity contribution in [3.05, 3.63) is 47.5 Å². The largest absolute Gasteiger partial charge is 0.493 e. The summed E-state index contributed by atoms with van der Waals surface area (Å²) in [6.07, 6.45) is 0. The van der Waals surface area contributed by atoms with E-state index in [0.29, 0.717) is 19.7 Å². The van der Waals surface area contributed by atoms with Crippen LogP contribution in [0, 0.1) is 0 Å². The summed E-state index contributed by atoms with van der Waals surface area (Å²) in [6, 6.07) is 11.9. The standard InChI is InChI=1S/C21H27N3O4/c1-5-26-19-10-15(6-8-17(19)25-4)12-23-21(22-2)24(3)13-16-7-9-18-20(11-16)28-14-27-18/h6-11H,5,12-14H2,1-4H3,(H,22,23). The summed E-state index contributed by atoms with van der Waals surface area (Å²) in [4.78, 5) is 6.44. The maximum absolute atomic E-state index is 5.65. The van der Waals surface area contributed by atoms with Crippen LogP contribution in [0.15, 0.2) is 41.4 Å². The predicted octanol–water partition coefficient (Wildman–Crippen LogP) is 3.03. The summed E-state index contributed by atoms with van der Waals surface area (Å²) >= 11 is 0. The van der Waals surface area contributed by atoms with Crippen molar-refractivity contribution in [2.45, 2.75) is 20.0 Å². The Balaban J connectivity index is 1.61. The number of hydrogen-bond donors (Lipinski definition) is 1. The first-order valence-electron chi connectivity index (χ1n) is 9.24. The zero-order valence-corrected chi connectivity index (χ0v) is 16.8. The lowest BCUT2D eigenvalue weighted by atomic mass is 10.2. The van der Waals surface area contributed by atoms with Gasteiger partial charge in [0.05, 0.1) is 13.7 Å². The Labute approximate surface area is 165 Å². The van der Waals surface area contributed by atoms with E-state index in [1.54, 1.807) is 14.2 Å². The van der Waals surface area contributed by atoms with Crippen LogP contribution in [0.4, 0.5) is 0 Å². The molecule has 3 rings (SSSR count). The smallest absolute Gasteiger partial charge is 0.231 e. The molecule has 0 amide bonds. The highest BCUT2D eigenvalue weighted by Gasteiger charge is 2.15. The minimum atomic E-state index is 0.281. The molecule has 0 aliphatic carbocycles. The number of fused-ring (bicyclic) bond motifs is 1. The number of hydrogen-bond acceptors (Lipinski definition) is 5. The van der Waals surface area contributed by atoms with Crippen molar-refractivity contribution in [1.82, 2.24) is 10.2 Å². The van der Waals surface area contributed by atoms with Gasteiger partial charge >= 0.3 is 0 Å². The van der Waals surface area contributed by atoms with Gasteiger partial charge in [0.1, 0.15) is 0 Å². The maximum Gasteiger partial charge on any atom is 0.231 e. The fraction of sp³-hybridized carbons (Fsp3) is 0.381. The second-order valence-corrected chi connectivity index (χ2v) is 6.36. The van der Waals surface area contributed by atoms with E-state index in [0.717, 1.165) is 40.1 Å². The van der Waals surface area contributed by atoms with E-state index in [1.807, 2.05) is 50.4 Å². The van der Waals surface area contributed by atoms with Crippen LogP contribution in [0.5, 0.6) is 23.0 Å². The molecule has 1 aliphatic rings. The second-order valence-electron chi connectivity index (χ2n) is 6.36. The summed E-state index contributed by atoms with van der Waals surface area (Å²) in [5.41, 5.74) is 2.21. The molecular weight excluding hydrogens is 358 g/mol. The molecule has 0 unspecified atom stereocenters. The average Bonchev–Trinajstić information content (AvgIpc) is 3.17. The molecule has 28 heavy (non-hydrogen) atoms. The minimum absolute atomic E-state index is 0.281. The van der Waals surface area contributed by atoms with Gasteiger partial charge in [-0.05, 0) is 42.3 Å². The molecule has 0 bridgehead atoms. The van der Waals surface area contributed by atoms with Gasteiger partial charge in [-0.25, -0.2) is 0 Å². The van der Waals surface area contributed by atoms with Gasteiger partial charge in [0.2, 0.25) is 6.79 Å². The van der Waals surface area contributed by atoms with Gasteiger partial charge in [0, 0.05) is 27.2 Å². The maximum atomic E-state index is 5.65. The molecule has 150 valence electrons. The average molecular weight is 385 g/mol. The van der Waals surface area contributed by atoms with Crippen LogP contribution in [0.3, 0.4) is 0 Å². The molecule has 2 aromatic rings. The van der Waals surface area contributed by atoms with Crippen LogP contribution in [0.25, 0.3) is 0 Å². The third-order valence-corrected chi connectivity index (χ3v) is 4.41. The van der Waals surface area contributed by atoms with Gasteiger partial charge in [0.15, 0.2) is 29.0 Å². The molecule has 0 saturated heterocycles. The second kappa shape index (κ2) is 9.21. The zero-order valence-electron chi connectivity index (χ0n) is 16.8. The highest BCUT2D eigenvalue weighted by Crippen LogP contribution is 2.32. The van der Waals surface area contributed by atoms with Crippen LogP contribution in [0.1, 0.15) is 18.1 Å². The Hall–Kier alpha value is -3.09. The van der Waals surface area contributed by atoms with Gasteiger partial charge in [-0.3, -0.25) is 4.99 Å². The van der Waals surface area contributed by atoms with Gasteiger partial charge < -0.3 is 29.2 Å². The summed E-state index contributed by atoms with van der Waals surface area (Å²) < 4.78 is 21.8. The van der Waals surface area contributed by atoms with E-state index in [2.05, 4.69) is 15.2 Å². The molecule has 0 aromatic heterocycles. The van der Waals surface area contributed by atoms with Crippen molar-refractivity contribution >= 4 is 5.96 Å². The molecule has 7 nitrogen and oxygen atoms in total. The highest BCUT2D eigenvalue weighted by atomic mass is 16.7. The van der Waals surface area contributed by atoms with E-state index < -0.39 is 0 Å². The van der Waals surface area contributed by atoms with Crippen molar-refractivity contribution in [3.8, 4) is 23.0 Å². The Bertz CT molecular complexity index is 838. The molecule has 0 atom stereocenters. The predicted molar refractivity (Wildman–Crippen MR) is 108 cm³/mol. The molecule has 7 heteroatoms. The monoisotopic (exact) mass is 385 g/mol. The lowest BCUT2D eigenvalue weighted by molar-refractivity contribution is 0.174. The van der Waals surface area contributed by atoms with Crippen LogP contribution in [-0.2, 0) is 13.1 Å². The first kappa shape index (κ1) is 19.7. The molecule has 1 aliphatic heterocycles. The van der Waals surface area contributed by atoms with Crippen LogP contribution < -0.4 is 24.3 Å². The summed E-state index contributed by atoms with van der Waals surface area (Å²) in [5.74, 6) is 3.85. The van der Waals surface area contributed by atoms with Crippen molar-refractivity contribution in [1.29, 1.82) is 0 Å². The van der Waals surface area contributed by atoms with Gasteiger partial charge in [-0.2, -0.15) is 0 Å². The van der Waals surface area contributed by atoms with E-state index in [9.17, 15) is 0 Å². The van der Waals surface area contributed by atoms with Gasteiger partial charge in [-0.1, -0.05) is 12.1 Å². The number of rotatable bonds is 7. The minimum Gasteiger partial charge on any atom is -0.493 e. The SMILES string of the molecule is CCOc1cc(CNC(=NC)N(C)Cc2ccc3c(c2)OCO3)ccc1OC. The van der Waals surface area contributed by atoms with Crippen molar-refractivity contribution in [2.24, 2.45) is 4.99 Å². The van der Waals surface area contributed by atoms with E-state index in [1.165, 1.54) is 0 Å². The summed E-state index contributed by atoms with van der Waals surface area (Å²) in [7, 11) is 5.42. The number of aliphatic imine (C=N–C) groups is 1. The zero-order chi connectivity index (χ0) is 19.9. The number of methoxy groups -OCH3 is 1. The molecule has 0 fully saturated rings. The lowest BCUT2D eigenvalue weighted by Crippen LogP contribution is -2.38. The first-order valence-corrected chi connectivity index (χ1v) is 9.24. The van der Waals surface area contributed by atoms with Crippen LogP contribution in [0.2, 0.25) is 0 Å². The lowest BCUT2D eigenvalue weighted by Gasteiger charge is -2.22. The number of nitrogens with zero attached hydrogens (tertiary/aromatic N) is 2. The number of guanidine groups is 1. The normalized spacial score (nSPS) is 12.6. The van der Waals surface area contributed by atoms with Crippen LogP contribution in [-0.4, -0.2) is 45.5 Å². The topological polar surface area (TPSA) is 64.6 Å². The summed E-state index contributed by atoms with van der Waals surface area (Å²) in [6.45, 7) is 4.15. The Morgan fingerprint density at radius 3 is 2.64 bits per heavy atom. The number of ether oxygens (including phenoxy) is 4. The van der Waals surface area contributed by atoms with Crippen molar-refractivity contribution in [3.63, 3.8) is 0 Å². The van der Waals surface area contributed by atoms with Crippen LogP contribution >= 0.6 is 0 Å². The molecule has 0 saturated carbocycles. The highest BCUT2D eigenvalue weighted by molar-refractivity contribution is 5.79. The molecule has 2 aromatic carbocycles. The third-order valence-electron chi connectivity index (χ3n) is 4.41. The number of nitrogens with one attached hydrogen (secondary N) is 1. The summed E-state index contributed by atoms with van der Waals surface area (Å²) in [5, 5.41) is 3.39.